The van der Waals surface area contributed by atoms with Gasteiger partial charge in [0.2, 0.25) is 0 Å². The largest absolute Gasteiger partial charge is 0.435 e. The third-order valence-electron chi connectivity index (χ3n) is 6.88. The molecule has 41 heavy (non-hydrogen) atoms. The number of hydrogen-bond acceptors (Lipinski definition) is 9. The molecule has 0 amide bonds. The first-order chi connectivity index (χ1) is 19.3. The third-order valence-corrected chi connectivity index (χ3v) is 7.96. The minimum Gasteiger partial charge on any atom is -0.394 e. The molecule has 14 heteroatoms. The minimum absolute atomic E-state index is 0.0827. The summed E-state index contributed by atoms with van der Waals surface area (Å²) in [5.74, 6) is 0.979. The highest BCUT2D eigenvalue weighted by atomic mass is 32.2. The van der Waals surface area contributed by atoms with Gasteiger partial charge >= 0.3 is 6.18 Å². The molecule has 1 fully saturated rings. The molecule has 218 valence electrons. The van der Waals surface area contributed by atoms with Crippen LogP contribution in [0.3, 0.4) is 0 Å². The molecule has 3 aromatic heterocycles. The molecule has 1 aromatic carbocycles. The SMILES string of the molecule is CC(C)c1ccc(N2CC(CS(C)(=O)=O)C2)c2cnc(Nc3ccnc(-c4cn(CCO)nc4C(F)(F)F)n3)cc12. The molecule has 4 aromatic rings. The van der Waals surface area contributed by atoms with Crippen molar-refractivity contribution in [2.45, 2.75) is 32.5 Å². The van der Waals surface area contributed by atoms with Crippen LogP contribution in [0.15, 0.2) is 42.9 Å². The monoisotopic (exact) mass is 589 g/mol. The Morgan fingerprint density at radius 1 is 1.12 bits per heavy atom. The van der Waals surface area contributed by atoms with Crippen LogP contribution in [0.1, 0.15) is 31.0 Å². The number of alkyl halides is 3. The summed E-state index contributed by atoms with van der Waals surface area (Å²) in [7, 11) is -3.05. The van der Waals surface area contributed by atoms with Gasteiger partial charge in [0.1, 0.15) is 21.5 Å². The average molecular weight is 590 g/mol. The fourth-order valence-corrected chi connectivity index (χ4v) is 6.16. The van der Waals surface area contributed by atoms with Gasteiger partial charge in [-0.15, -0.1) is 0 Å². The molecule has 10 nitrogen and oxygen atoms in total. The number of nitrogens with one attached hydrogen (secondary N) is 1. The maximum Gasteiger partial charge on any atom is 0.435 e. The fraction of sp³-hybridized carbons (Fsp3) is 0.407. The third kappa shape index (κ3) is 6.27. The second-order valence-corrected chi connectivity index (χ2v) is 12.8. The second kappa shape index (κ2) is 10.9. The van der Waals surface area contributed by atoms with E-state index in [1.165, 1.54) is 24.7 Å². The number of sulfone groups is 1. The molecular weight excluding hydrogens is 559 g/mol. The molecule has 0 saturated carbocycles. The number of pyridine rings is 1. The van der Waals surface area contributed by atoms with E-state index < -0.39 is 21.7 Å². The number of halogens is 3. The molecule has 0 unspecified atom stereocenters. The highest BCUT2D eigenvalue weighted by Gasteiger charge is 2.38. The highest BCUT2D eigenvalue weighted by Crippen LogP contribution is 2.38. The Kier molecular flexibility index (Phi) is 7.64. The zero-order chi connectivity index (χ0) is 29.5. The summed E-state index contributed by atoms with van der Waals surface area (Å²) in [5.41, 5.74) is 0.635. The summed E-state index contributed by atoms with van der Waals surface area (Å²) in [6, 6.07) is 7.50. The molecule has 0 aliphatic carbocycles. The summed E-state index contributed by atoms with van der Waals surface area (Å²) in [6.45, 7) is 4.98. The van der Waals surface area contributed by atoms with Crippen LogP contribution in [0.2, 0.25) is 0 Å². The number of aliphatic hydroxyl groups is 1. The molecule has 1 aliphatic heterocycles. The van der Waals surface area contributed by atoms with Crippen molar-refractivity contribution < 1.29 is 26.7 Å². The first kappa shape index (κ1) is 28.7. The summed E-state index contributed by atoms with van der Waals surface area (Å²) >= 11 is 0. The van der Waals surface area contributed by atoms with E-state index in [9.17, 15) is 21.6 Å². The van der Waals surface area contributed by atoms with E-state index in [1.54, 1.807) is 6.20 Å². The van der Waals surface area contributed by atoms with Crippen LogP contribution in [-0.2, 0) is 22.6 Å². The second-order valence-electron chi connectivity index (χ2n) is 10.6. The Balaban J connectivity index is 1.45. The quantitative estimate of drug-likeness (QED) is 0.295. The van der Waals surface area contributed by atoms with E-state index in [-0.39, 0.29) is 47.9 Å². The standard InChI is InChI=1S/C27H30F3N7O3S/c1-16(2)18-4-5-22(36-12-17(13-36)15-41(3,39)40)20-11-32-24(10-19(18)20)33-23-6-7-31-26(34-23)21-14-37(8-9-38)35-25(21)27(28,29)30/h4-7,10-11,14,16-17,38H,8-9,12-13,15H2,1-3H3,(H,31,32,33,34). The molecule has 0 radical (unpaired) electrons. The summed E-state index contributed by atoms with van der Waals surface area (Å²) < 4.78 is 65.3. The van der Waals surface area contributed by atoms with Crippen LogP contribution in [0, 0.1) is 5.92 Å². The molecule has 1 aliphatic rings. The summed E-state index contributed by atoms with van der Waals surface area (Å²) in [5, 5.41) is 17.7. The van der Waals surface area contributed by atoms with Crippen molar-refractivity contribution in [2.75, 3.05) is 41.9 Å². The van der Waals surface area contributed by atoms with Crippen molar-refractivity contribution >= 4 is 37.9 Å². The van der Waals surface area contributed by atoms with Gasteiger partial charge in [-0.1, -0.05) is 19.9 Å². The van der Waals surface area contributed by atoms with Gasteiger partial charge in [0.05, 0.1) is 24.5 Å². The van der Waals surface area contributed by atoms with E-state index in [2.05, 4.69) is 50.2 Å². The van der Waals surface area contributed by atoms with Gasteiger partial charge < -0.3 is 15.3 Å². The topological polar surface area (TPSA) is 126 Å². The lowest BCUT2D eigenvalue weighted by Gasteiger charge is -2.41. The lowest BCUT2D eigenvalue weighted by Crippen LogP contribution is -2.49. The van der Waals surface area contributed by atoms with Crippen molar-refractivity contribution in [2.24, 2.45) is 5.92 Å². The molecule has 2 N–H and O–H groups in total. The normalized spacial score (nSPS) is 14.6. The Bertz CT molecular complexity index is 1680. The Morgan fingerprint density at radius 3 is 2.54 bits per heavy atom. The number of benzene rings is 1. The molecule has 0 bridgehead atoms. The van der Waals surface area contributed by atoms with E-state index in [1.807, 2.05) is 12.1 Å². The maximum absolute atomic E-state index is 13.6. The predicted molar refractivity (Wildman–Crippen MR) is 150 cm³/mol. The van der Waals surface area contributed by atoms with Crippen molar-refractivity contribution in [1.29, 1.82) is 0 Å². The van der Waals surface area contributed by atoms with E-state index in [0.29, 0.717) is 18.9 Å². The van der Waals surface area contributed by atoms with Crippen LogP contribution >= 0.6 is 0 Å². The van der Waals surface area contributed by atoms with Gasteiger partial charge in [0, 0.05) is 54.9 Å². The van der Waals surface area contributed by atoms with Crippen LogP contribution in [0.4, 0.5) is 30.5 Å². The lowest BCUT2D eigenvalue weighted by atomic mass is 9.93. The number of aromatic nitrogens is 5. The smallest absolute Gasteiger partial charge is 0.394 e. The van der Waals surface area contributed by atoms with Crippen molar-refractivity contribution in [3.05, 3.63) is 54.1 Å². The highest BCUT2D eigenvalue weighted by molar-refractivity contribution is 7.90. The predicted octanol–water partition coefficient (Wildman–Crippen LogP) is 4.25. The van der Waals surface area contributed by atoms with Gasteiger partial charge in [0.25, 0.3) is 0 Å². The minimum atomic E-state index is -4.73. The summed E-state index contributed by atoms with van der Waals surface area (Å²) in [4.78, 5) is 15.0. The number of fused-ring (bicyclic) bond motifs is 1. The van der Waals surface area contributed by atoms with Gasteiger partial charge in [-0.3, -0.25) is 4.68 Å². The van der Waals surface area contributed by atoms with Crippen molar-refractivity contribution in [3.63, 3.8) is 0 Å². The summed E-state index contributed by atoms with van der Waals surface area (Å²) in [6.07, 6.45) is 0.782. The Labute approximate surface area is 235 Å². The van der Waals surface area contributed by atoms with Gasteiger partial charge in [-0.05, 0) is 35.1 Å². The molecular formula is C27H30F3N7O3S. The van der Waals surface area contributed by atoms with E-state index >= 15 is 0 Å². The van der Waals surface area contributed by atoms with Gasteiger partial charge in [-0.2, -0.15) is 18.3 Å². The number of hydrogen-bond donors (Lipinski definition) is 2. The lowest BCUT2D eigenvalue weighted by molar-refractivity contribution is -0.141. The Morgan fingerprint density at radius 2 is 1.88 bits per heavy atom. The zero-order valence-corrected chi connectivity index (χ0v) is 23.5. The fourth-order valence-electron chi connectivity index (χ4n) is 5.09. The van der Waals surface area contributed by atoms with E-state index in [4.69, 9.17) is 5.11 Å². The number of rotatable bonds is 9. The Hall–Kier alpha value is -3.78. The first-order valence-electron chi connectivity index (χ1n) is 13.0. The zero-order valence-electron chi connectivity index (χ0n) is 22.7. The molecule has 1 saturated heterocycles. The van der Waals surface area contributed by atoms with Gasteiger partial charge in [-0.25, -0.2) is 23.4 Å². The molecule has 5 rings (SSSR count). The first-order valence-corrected chi connectivity index (χ1v) is 15.1. The molecule has 0 spiro atoms. The maximum atomic E-state index is 13.6. The number of anilines is 3. The molecule has 4 heterocycles. The van der Waals surface area contributed by atoms with Gasteiger partial charge in [0.15, 0.2) is 11.5 Å². The van der Waals surface area contributed by atoms with Crippen molar-refractivity contribution in [3.8, 4) is 11.4 Å². The number of nitrogens with zero attached hydrogens (tertiary/aromatic N) is 6. The average Bonchev–Trinajstić information content (AvgIpc) is 3.30. The van der Waals surface area contributed by atoms with Crippen LogP contribution < -0.4 is 10.2 Å². The van der Waals surface area contributed by atoms with Crippen LogP contribution in [-0.4, -0.2) is 70.0 Å². The van der Waals surface area contributed by atoms with E-state index in [0.717, 1.165) is 26.7 Å². The van der Waals surface area contributed by atoms with Crippen LogP contribution in [0.5, 0.6) is 0 Å². The van der Waals surface area contributed by atoms with Crippen LogP contribution in [0.25, 0.3) is 22.2 Å². The molecule has 0 atom stereocenters. The van der Waals surface area contributed by atoms with Crippen molar-refractivity contribution in [1.82, 2.24) is 24.7 Å². The number of aliphatic hydroxyl groups excluding tert-OH is 1.